The minimum absolute atomic E-state index is 0.105. The zero-order chi connectivity index (χ0) is 10.4. The lowest BCUT2D eigenvalue weighted by molar-refractivity contribution is -0.142. The first-order chi connectivity index (χ1) is 6.74. The standard InChI is InChI=1S/C11H18O3/c1-3-5-9(2)11(12)14-8-10-6-4-7-13-10/h10H,2-8H2,1H3. The first-order valence-corrected chi connectivity index (χ1v) is 5.20. The second-order valence-corrected chi connectivity index (χ2v) is 3.59. The van der Waals surface area contributed by atoms with Crippen molar-refractivity contribution in [2.75, 3.05) is 13.2 Å². The summed E-state index contributed by atoms with van der Waals surface area (Å²) in [6, 6.07) is 0. The summed E-state index contributed by atoms with van der Waals surface area (Å²) >= 11 is 0. The highest BCUT2D eigenvalue weighted by Crippen LogP contribution is 2.13. The Morgan fingerprint density at radius 3 is 3.00 bits per heavy atom. The van der Waals surface area contributed by atoms with Crippen LogP contribution in [0.3, 0.4) is 0 Å². The molecule has 0 N–H and O–H groups in total. The maximum absolute atomic E-state index is 11.3. The average Bonchev–Trinajstić information content (AvgIpc) is 2.67. The predicted octanol–water partition coefficient (Wildman–Crippen LogP) is 2.06. The largest absolute Gasteiger partial charge is 0.460 e. The molecule has 0 saturated carbocycles. The van der Waals surface area contributed by atoms with E-state index in [1.54, 1.807) is 0 Å². The Kier molecular flexibility index (Phi) is 4.66. The molecular formula is C11H18O3. The predicted molar refractivity (Wildman–Crippen MR) is 54.0 cm³/mol. The number of carbonyl (C=O) groups excluding carboxylic acids is 1. The van der Waals surface area contributed by atoms with Crippen LogP contribution in [0.5, 0.6) is 0 Å². The van der Waals surface area contributed by atoms with Gasteiger partial charge in [-0.1, -0.05) is 19.9 Å². The van der Waals surface area contributed by atoms with Crippen LogP contribution in [-0.2, 0) is 14.3 Å². The van der Waals surface area contributed by atoms with Gasteiger partial charge >= 0.3 is 5.97 Å². The number of hydrogen-bond donors (Lipinski definition) is 0. The maximum Gasteiger partial charge on any atom is 0.333 e. The van der Waals surface area contributed by atoms with Crippen molar-refractivity contribution < 1.29 is 14.3 Å². The van der Waals surface area contributed by atoms with E-state index in [0.29, 0.717) is 18.6 Å². The average molecular weight is 198 g/mol. The topological polar surface area (TPSA) is 35.5 Å². The lowest BCUT2D eigenvalue weighted by Gasteiger charge is -2.10. The van der Waals surface area contributed by atoms with Crippen molar-refractivity contribution in [1.29, 1.82) is 0 Å². The molecule has 0 aliphatic carbocycles. The highest BCUT2D eigenvalue weighted by molar-refractivity contribution is 5.87. The molecule has 0 aromatic rings. The molecule has 1 aliphatic rings. The van der Waals surface area contributed by atoms with E-state index in [4.69, 9.17) is 9.47 Å². The second-order valence-electron chi connectivity index (χ2n) is 3.59. The van der Waals surface area contributed by atoms with Gasteiger partial charge in [0.05, 0.1) is 6.10 Å². The summed E-state index contributed by atoms with van der Waals surface area (Å²) in [7, 11) is 0. The van der Waals surface area contributed by atoms with E-state index in [9.17, 15) is 4.79 Å². The number of ether oxygens (including phenoxy) is 2. The third-order valence-corrected chi connectivity index (χ3v) is 2.26. The fourth-order valence-electron chi connectivity index (χ4n) is 1.45. The minimum atomic E-state index is -0.276. The van der Waals surface area contributed by atoms with Crippen LogP contribution in [0.1, 0.15) is 32.6 Å². The van der Waals surface area contributed by atoms with Crippen molar-refractivity contribution in [1.82, 2.24) is 0 Å². The number of rotatable bonds is 5. The van der Waals surface area contributed by atoms with Crippen LogP contribution < -0.4 is 0 Å². The zero-order valence-corrected chi connectivity index (χ0v) is 8.75. The quantitative estimate of drug-likeness (QED) is 0.501. The Bertz CT molecular complexity index is 205. The molecule has 14 heavy (non-hydrogen) atoms. The molecule has 3 nitrogen and oxygen atoms in total. The molecule has 3 heteroatoms. The lowest BCUT2D eigenvalue weighted by atomic mass is 10.2. The van der Waals surface area contributed by atoms with Crippen LogP contribution in [0.4, 0.5) is 0 Å². The SMILES string of the molecule is C=C(CCC)C(=O)OCC1CCCO1. The first-order valence-electron chi connectivity index (χ1n) is 5.20. The van der Waals surface area contributed by atoms with Gasteiger partial charge < -0.3 is 9.47 Å². The number of hydrogen-bond acceptors (Lipinski definition) is 3. The van der Waals surface area contributed by atoms with Crippen molar-refractivity contribution >= 4 is 5.97 Å². The molecular weight excluding hydrogens is 180 g/mol. The smallest absolute Gasteiger partial charge is 0.333 e. The summed E-state index contributed by atoms with van der Waals surface area (Å²) in [5.74, 6) is -0.276. The van der Waals surface area contributed by atoms with Crippen molar-refractivity contribution in [3.05, 3.63) is 12.2 Å². The molecule has 0 aromatic carbocycles. The van der Waals surface area contributed by atoms with Gasteiger partial charge in [0, 0.05) is 12.2 Å². The van der Waals surface area contributed by atoms with Gasteiger partial charge in [-0.3, -0.25) is 0 Å². The van der Waals surface area contributed by atoms with Gasteiger partial charge in [0.25, 0.3) is 0 Å². The van der Waals surface area contributed by atoms with E-state index < -0.39 is 0 Å². The van der Waals surface area contributed by atoms with Gasteiger partial charge in [-0.15, -0.1) is 0 Å². The number of carbonyl (C=O) groups is 1. The van der Waals surface area contributed by atoms with Crippen LogP contribution in [0.2, 0.25) is 0 Å². The van der Waals surface area contributed by atoms with Crippen molar-refractivity contribution in [3.63, 3.8) is 0 Å². The Labute approximate surface area is 85.1 Å². The Morgan fingerprint density at radius 1 is 1.64 bits per heavy atom. The molecule has 1 fully saturated rings. The summed E-state index contributed by atoms with van der Waals surface area (Å²) in [5.41, 5.74) is 0.561. The Balaban J connectivity index is 2.16. The van der Waals surface area contributed by atoms with Gasteiger partial charge in [-0.2, -0.15) is 0 Å². The minimum Gasteiger partial charge on any atom is -0.460 e. The molecule has 1 rings (SSSR count). The van der Waals surface area contributed by atoms with Crippen molar-refractivity contribution in [2.24, 2.45) is 0 Å². The van der Waals surface area contributed by atoms with Crippen LogP contribution >= 0.6 is 0 Å². The molecule has 0 bridgehead atoms. The lowest BCUT2D eigenvalue weighted by Crippen LogP contribution is -2.18. The van der Waals surface area contributed by atoms with Gasteiger partial charge in [-0.05, 0) is 19.3 Å². The van der Waals surface area contributed by atoms with E-state index in [0.717, 1.165) is 25.9 Å². The molecule has 0 amide bonds. The Morgan fingerprint density at radius 2 is 2.43 bits per heavy atom. The molecule has 1 heterocycles. The fourth-order valence-corrected chi connectivity index (χ4v) is 1.45. The molecule has 80 valence electrons. The summed E-state index contributed by atoms with van der Waals surface area (Å²) in [4.78, 5) is 11.3. The van der Waals surface area contributed by atoms with E-state index in [1.807, 2.05) is 6.92 Å². The van der Waals surface area contributed by atoms with Gasteiger partial charge in [-0.25, -0.2) is 4.79 Å². The molecule has 0 radical (unpaired) electrons. The monoisotopic (exact) mass is 198 g/mol. The Hall–Kier alpha value is -0.830. The normalized spacial score (nSPS) is 20.8. The summed E-state index contributed by atoms with van der Waals surface area (Å²) in [6.07, 6.45) is 3.80. The highest BCUT2D eigenvalue weighted by Gasteiger charge is 2.18. The maximum atomic E-state index is 11.3. The molecule has 0 aromatic heterocycles. The van der Waals surface area contributed by atoms with Crippen LogP contribution in [0.15, 0.2) is 12.2 Å². The summed E-state index contributed by atoms with van der Waals surface area (Å²) in [5, 5.41) is 0. The van der Waals surface area contributed by atoms with Crippen molar-refractivity contribution in [2.45, 2.75) is 38.7 Å². The molecule has 0 spiro atoms. The van der Waals surface area contributed by atoms with E-state index in [1.165, 1.54) is 0 Å². The number of esters is 1. The second kappa shape index (κ2) is 5.81. The third-order valence-electron chi connectivity index (χ3n) is 2.26. The van der Waals surface area contributed by atoms with Gasteiger partial charge in [0.15, 0.2) is 0 Å². The van der Waals surface area contributed by atoms with E-state index in [2.05, 4.69) is 6.58 Å². The summed E-state index contributed by atoms with van der Waals surface area (Å²) in [6.45, 7) is 6.85. The van der Waals surface area contributed by atoms with Crippen LogP contribution in [-0.4, -0.2) is 25.3 Å². The fraction of sp³-hybridized carbons (Fsp3) is 0.727. The van der Waals surface area contributed by atoms with Crippen LogP contribution in [0.25, 0.3) is 0 Å². The van der Waals surface area contributed by atoms with Crippen molar-refractivity contribution in [3.8, 4) is 0 Å². The first kappa shape index (κ1) is 11.2. The van der Waals surface area contributed by atoms with Crippen LogP contribution in [0, 0.1) is 0 Å². The van der Waals surface area contributed by atoms with E-state index in [-0.39, 0.29) is 12.1 Å². The summed E-state index contributed by atoms with van der Waals surface area (Å²) < 4.78 is 10.4. The molecule has 1 unspecified atom stereocenters. The van der Waals surface area contributed by atoms with E-state index >= 15 is 0 Å². The molecule has 1 atom stereocenters. The van der Waals surface area contributed by atoms with Gasteiger partial charge in [0.2, 0.25) is 0 Å². The zero-order valence-electron chi connectivity index (χ0n) is 8.75. The third kappa shape index (κ3) is 3.50. The molecule has 1 saturated heterocycles. The highest BCUT2D eigenvalue weighted by atomic mass is 16.6. The molecule has 1 aliphatic heterocycles. The van der Waals surface area contributed by atoms with Gasteiger partial charge in [0.1, 0.15) is 6.61 Å².